The molecule has 0 aliphatic rings. The second kappa shape index (κ2) is 6.25. The van der Waals surface area contributed by atoms with Gasteiger partial charge in [-0.2, -0.15) is 0 Å². The predicted octanol–water partition coefficient (Wildman–Crippen LogP) is 2.52. The van der Waals surface area contributed by atoms with Crippen molar-refractivity contribution in [3.05, 3.63) is 35.4 Å². The lowest BCUT2D eigenvalue weighted by atomic mass is 9.86. The lowest BCUT2D eigenvalue weighted by Gasteiger charge is -2.27. The van der Waals surface area contributed by atoms with E-state index in [-0.39, 0.29) is 5.75 Å². The molecule has 0 aliphatic heterocycles. The van der Waals surface area contributed by atoms with Crippen LogP contribution in [0.2, 0.25) is 0 Å². The van der Waals surface area contributed by atoms with Crippen LogP contribution >= 0.6 is 0 Å². The Balaban J connectivity index is 2.95. The van der Waals surface area contributed by atoms with Crippen molar-refractivity contribution in [2.45, 2.75) is 19.5 Å². The smallest absolute Gasteiger partial charge is 0.337 e. The van der Waals surface area contributed by atoms with Crippen molar-refractivity contribution < 1.29 is 22.7 Å². The molecule has 0 saturated carbocycles. The quantitative estimate of drug-likeness (QED) is 0.668. The van der Waals surface area contributed by atoms with E-state index in [1.165, 1.54) is 38.3 Å². The van der Waals surface area contributed by atoms with Crippen LogP contribution in [0.3, 0.4) is 0 Å². The summed E-state index contributed by atoms with van der Waals surface area (Å²) < 4.78 is 38.8. The van der Waals surface area contributed by atoms with E-state index in [2.05, 4.69) is 4.74 Å². The number of methoxy groups -OCH3 is 1. The van der Waals surface area contributed by atoms with Crippen LogP contribution in [0.5, 0.6) is 0 Å². The van der Waals surface area contributed by atoms with Gasteiger partial charge in [-0.15, -0.1) is 0 Å². The summed E-state index contributed by atoms with van der Waals surface area (Å²) in [5, 5.41) is 0. The Kier molecular flexibility index (Phi) is 5.20. The van der Waals surface area contributed by atoms with E-state index in [1.807, 2.05) is 0 Å². The molecule has 0 amide bonds. The molecule has 1 N–H and O–H groups in total. The number of ether oxygens (including phenoxy) is 1. The van der Waals surface area contributed by atoms with Gasteiger partial charge in [-0.25, -0.2) is 13.4 Å². The average molecular weight is 288 g/mol. The Bertz CT molecular complexity index is 470. The van der Waals surface area contributed by atoms with Crippen LogP contribution < -0.4 is 0 Å². The molecule has 0 radical (unpaired) electrons. The highest BCUT2D eigenvalue weighted by molar-refractivity contribution is 7.79. The number of alkyl halides is 1. The molecule has 1 aromatic rings. The summed E-state index contributed by atoms with van der Waals surface area (Å²) in [6.45, 7) is 2.93. The first kappa shape index (κ1) is 15.8. The summed E-state index contributed by atoms with van der Waals surface area (Å²) in [7, 11) is 1.27. The minimum absolute atomic E-state index is 0.147. The third kappa shape index (κ3) is 3.84. The molecule has 19 heavy (non-hydrogen) atoms. The molecular formula is C13H17FO4S. The van der Waals surface area contributed by atoms with Crippen molar-refractivity contribution in [2.75, 3.05) is 12.9 Å². The standard InChI is InChI=1S/C13H17FO4S/c1-9(8-19(16)17)13(2,14)11-6-4-10(5-7-11)12(15)18-3/h4-7,9H,8H2,1-3H3,(H,16,17). The number of hydrogen-bond acceptors (Lipinski definition) is 3. The topological polar surface area (TPSA) is 63.6 Å². The second-order valence-electron chi connectivity index (χ2n) is 4.53. The maximum atomic E-state index is 14.6. The maximum Gasteiger partial charge on any atom is 0.337 e. The van der Waals surface area contributed by atoms with Gasteiger partial charge in [-0.3, -0.25) is 0 Å². The predicted molar refractivity (Wildman–Crippen MR) is 71.0 cm³/mol. The van der Waals surface area contributed by atoms with Crippen molar-refractivity contribution in [3.8, 4) is 0 Å². The molecule has 0 aliphatic carbocycles. The third-order valence-electron chi connectivity index (χ3n) is 3.19. The van der Waals surface area contributed by atoms with Crippen LogP contribution in [0, 0.1) is 5.92 Å². The van der Waals surface area contributed by atoms with E-state index in [0.717, 1.165) is 0 Å². The molecule has 106 valence electrons. The lowest BCUT2D eigenvalue weighted by molar-refractivity contribution is 0.0600. The van der Waals surface area contributed by atoms with E-state index in [4.69, 9.17) is 4.55 Å². The van der Waals surface area contributed by atoms with E-state index in [9.17, 15) is 13.4 Å². The largest absolute Gasteiger partial charge is 0.465 e. The van der Waals surface area contributed by atoms with Gasteiger partial charge in [0.15, 0.2) is 11.1 Å². The maximum absolute atomic E-state index is 14.6. The summed E-state index contributed by atoms with van der Waals surface area (Å²) in [4.78, 5) is 11.3. The molecule has 0 heterocycles. The van der Waals surface area contributed by atoms with Crippen LogP contribution in [-0.4, -0.2) is 27.6 Å². The monoisotopic (exact) mass is 288 g/mol. The minimum Gasteiger partial charge on any atom is -0.465 e. The fourth-order valence-corrected chi connectivity index (χ4v) is 2.45. The highest BCUT2D eigenvalue weighted by atomic mass is 32.2. The molecule has 3 atom stereocenters. The Hall–Kier alpha value is -1.27. The van der Waals surface area contributed by atoms with E-state index in [1.54, 1.807) is 6.92 Å². The van der Waals surface area contributed by atoms with Gasteiger partial charge < -0.3 is 9.29 Å². The van der Waals surface area contributed by atoms with Crippen molar-refractivity contribution in [1.29, 1.82) is 0 Å². The van der Waals surface area contributed by atoms with Gasteiger partial charge in [-0.1, -0.05) is 19.1 Å². The zero-order valence-electron chi connectivity index (χ0n) is 11.1. The number of esters is 1. The summed E-state index contributed by atoms with van der Waals surface area (Å²) in [6.07, 6.45) is 0. The highest BCUT2D eigenvalue weighted by Gasteiger charge is 2.34. The molecule has 0 bridgehead atoms. The Morgan fingerprint density at radius 1 is 1.47 bits per heavy atom. The van der Waals surface area contributed by atoms with E-state index >= 15 is 0 Å². The van der Waals surface area contributed by atoms with Gasteiger partial charge >= 0.3 is 5.97 Å². The van der Waals surface area contributed by atoms with Gasteiger partial charge in [0.2, 0.25) is 0 Å². The second-order valence-corrected chi connectivity index (χ2v) is 5.51. The van der Waals surface area contributed by atoms with Gasteiger partial charge in [0, 0.05) is 5.92 Å². The molecule has 0 fully saturated rings. The van der Waals surface area contributed by atoms with Crippen LogP contribution in [0.25, 0.3) is 0 Å². The van der Waals surface area contributed by atoms with Gasteiger partial charge in [0.05, 0.1) is 18.4 Å². The average Bonchev–Trinajstić information content (AvgIpc) is 2.37. The van der Waals surface area contributed by atoms with Gasteiger partial charge in [-0.05, 0) is 24.6 Å². The van der Waals surface area contributed by atoms with Crippen LogP contribution in [0.1, 0.15) is 29.8 Å². The molecule has 6 heteroatoms. The molecule has 4 nitrogen and oxygen atoms in total. The molecule has 1 aromatic carbocycles. The first-order chi connectivity index (χ1) is 8.78. The number of carbonyl (C=O) groups is 1. The van der Waals surface area contributed by atoms with E-state index < -0.39 is 28.6 Å². The van der Waals surface area contributed by atoms with E-state index in [0.29, 0.717) is 11.1 Å². The number of carbonyl (C=O) groups excluding carboxylic acids is 1. The summed E-state index contributed by atoms with van der Waals surface area (Å²) in [6, 6.07) is 5.93. The van der Waals surface area contributed by atoms with Crippen molar-refractivity contribution >= 4 is 17.0 Å². The molecule has 3 unspecified atom stereocenters. The molecule has 0 aromatic heterocycles. The van der Waals surface area contributed by atoms with Gasteiger partial charge in [0.1, 0.15) is 5.67 Å². The first-order valence-corrected chi connectivity index (χ1v) is 7.01. The van der Waals surface area contributed by atoms with Crippen LogP contribution in [0.4, 0.5) is 4.39 Å². The van der Waals surface area contributed by atoms with Gasteiger partial charge in [0.25, 0.3) is 0 Å². The molecule has 0 saturated heterocycles. The molecular weight excluding hydrogens is 271 g/mol. The van der Waals surface area contributed by atoms with Crippen LogP contribution in [0.15, 0.2) is 24.3 Å². The SMILES string of the molecule is COC(=O)c1ccc(C(C)(F)C(C)CS(=O)O)cc1. The number of halogens is 1. The minimum atomic E-state index is -2.04. The van der Waals surface area contributed by atoms with Crippen molar-refractivity contribution in [2.24, 2.45) is 5.92 Å². The number of rotatable bonds is 5. The molecule has 0 spiro atoms. The lowest BCUT2D eigenvalue weighted by Crippen LogP contribution is -2.29. The number of hydrogen-bond donors (Lipinski definition) is 1. The summed E-state index contributed by atoms with van der Waals surface area (Å²) >= 11 is -2.04. The number of benzene rings is 1. The third-order valence-corrected chi connectivity index (χ3v) is 3.97. The van der Waals surface area contributed by atoms with Crippen LogP contribution in [-0.2, 0) is 21.5 Å². The summed E-state index contributed by atoms with van der Waals surface area (Å²) in [5.74, 6) is -1.26. The highest BCUT2D eigenvalue weighted by Crippen LogP contribution is 2.34. The van der Waals surface area contributed by atoms with Crippen molar-refractivity contribution in [1.82, 2.24) is 0 Å². The zero-order chi connectivity index (χ0) is 14.6. The first-order valence-electron chi connectivity index (χ1n) is 5.74. The fraction of sp³-hybridized carbons (Fsp3) is 0.462. The van der Waals surface area contributed by atoms with Crippen molar-refractivity contribution in [3.63, 3.8) is 0 Å². The Labute approximate surface area is 114 Å². The Morgan fingerprint density at radius 3 is 2.42 bits per heavy atom. The zero-order valence-corrected chi connectivity index (χ0v) is 11.9. The Morgan fingerprint density at radius 2 is 2.00 bits per heavy atom. The molecule has 1 rings (SSSR count). The summed E-state index contributed by atoms with van der Waals surface area (Å²) in [5.41, 5.74) is -1.05. The fourth-order valence-electron chi connectivity index (χ4n) is 1.70. The normalized spacial score (nSPS) is 17.3.